The Kier molecular flexibility index (Phi) is 4.73. The summed E-state index contributed by atoms with van der Waals surface area (Å²) in [6, 6.07) is 5.48. The van der Waals surface area contributed by atoms with Crippen molar-refractivity contribution in [3.8, 4) is 0 Å². The Morgan fingerprint density at radius 3 is 2.41 bits per heavy atom. The molecule has 0 fully saturated rings. The molecule has 17 heavy (non-hydrogen) atoms. The van der Waals surface area contributed by atoms with Gasteiger partial charge in [0.15, 0.2) is 9.84 Å². The van der Waals surface area contributed by atoms with E-state index in [1.807, 2.05) is 0 Å². The molecule has 96 valence electrons. The molecule has 0 aliphatic rings. The van der Waals surface area contributed by atoms with E-state index in [1.165, 1.54) is 25.1 Å². The Bertz CT molecular complexity index is 502. The van der Waals surface area contributed by atoms with Gasteiger partial charge in [0, 0.05) is 11.3 Å². The Labute approximate surface area is 116 Å². The number of halogens is 3. The van der Waals surface area contributed by atoms with Crippen LogP contribution in [0.5, 0.6) is 0 Å². The van der Waals surface area contributed by atoms with Gasteiger partial charge in [0.2, 0.25) is 2.57 Å². The summed E-state index contributed by atoms with van der Waals surface area (Å²) in [6.45, 7) is 1.45. The highest BCUT2D eigenvalue weighted by molar-refractivity contribution is 9.28. The third-order valence-corrected chi connectivity index (χ3v) is 7.95. The molecule has 1 aromatic rings. The highest BCUT2D eigenvalue weighted by atomic mass is 79.9. The van der Waals surface area contributed by atoms with Crippen LogP contribution >= 0.6 is 31.9 Å². The number of benzene rings is 1. The molecule has 0 amide bonds. The molecule has 0 aromatic heterocycles. The smallest absolute Gasteiger partial charge is 0.210 e. The van der Waals surface area contributed by atoms with Crippen molar-refractivity contribution in [1.82, 2.24) is 0 Å². The summed E-state index contributed by atoms with van der Waals surface area (Å²) >= 11 is 5.82. The maximum absolute atomic E-state index is 13.5. The molecule has 0 aliphatic carbocycles. The second kappa shape index (κ2) is 5.34. The molecule has 0 bridgehead atoms. The first-order chi connectivity index (χ1) is 7.74. The van der Waals surface area contributed by atoms with E-state index < -0.39 is 24.3 Å². The van der Waals surface area contributed by atoms with Gasteiger partial charge >= 0.3 is 0 Å². The first kappa shape index (κ1) is 15.1. The quantitative estimate of drug-likeness (QED) is 0.805. The second-order valence-electron chi connectivity index (χ2n) is 3.39. The van der Waals surface area contributed by atoms with Crippen LogP contribution < -0.4 is 0 Å². The van der Waals surface area contributed by atoms with Crippen LogP contribution in [0.4, 0.5) is 4.39 Å². The van der Waals surface area contributed by atoms with Gasteiger partial charge in [-0.1, -0.05) is 57.0 Å². The molecule has 1 unspecified atom stereocenters. The first-order valence-electron chi connectivity index (χ1n) is 4.76. The van der Waals surface area contributed by atoms with Crippen molar-refractivity contribution in [3.05, 3.63) is 35.6 Å². The van der Waals surface area contributed by atoms with Crippen molar-refractivity contribution in [1.29, 1.82) is 0 Å². The number of aliphatic hydroxyl groups excluding tert-OH is 1. The van der Waals surface area contributed by atoms with Gasteiger partial charge in [0.1, 0.15) is 11.9 Å². The normalized spacial score (nSPS) is 14.6. The van der Waals surface area contributed by atoms with E-state index in [2.05, 4.69) is 31.9 Å². The number of alkyl halides is 2. The molecule has 0 radical (unpaired) electrons. The maximum atomic E-state index is 13.5. The summed E-state index contributed by atoms with van der Waals surface area (Å²) in [5.74, 6) is -0.843. The van der Waals surface area contributed by atoms with Crippen LogP contribution in [-0.2, 0) is 9.84 Å². The van der Waals surface area contributed by atoms with Crippen molar-refractivity contribution in [3.63, 3.8) is 0 Å². The zero-order valence-electron chi connectivity index (χ0n) is 8.90. The molecule has 0 aliphatic heterocycles. The number of rotatable bonds is 4. The lowest BCUT2D eigenvalue weighted by Gasteiger charge is -2.26. The molecule has 0 heterocycles. The van der Waals surface area contributed by atoms with E-state index in [0.29, 0.717) is 0 Å². The Morgan fingerprint density at radius 1 is 1.41 bits per heavy atom. The third kappa shape index (κ3) is 2.89. The van der Waals surface area contributed by atoms with Crippen LogP contribution in [0.3, 0.4) is 0 Å². The highest BCUT2D eigenvalue weighted by Crippen LogP contribution is 2.45. The topological polar surface area (TPSA) is 54.4 Å². The van der Waals surface area contributed by atoms with E-state index >= 15 is 0 Å². The lowest BCUT2D eigenvalue weighted by atomic mass is 10.1. The van der Waals surface area contributed by atoms with Gasteiger partial charge in [-0.25, -0.2) is 12.8 Å². The minimum Gasteiger partial charge on any atom is -0.385 e. The summed E-state index contributed by atoms with van der Waals surface area (Å²) in [7, 11) is -3.65. The standard InChI is InChI=1S/C10H11Br2FO3S/c1-2-17(15,16)10(11,12)9(14)7-5-3-4-6-8(7)13/h3-6,9,14H,2H2,1H3. The van der Waals surface area contributed by atoms with Crippen molar-refractivity contribution < 1.29 is 17.9 Å². The minimum absolute atomic E-state index is 0.0849. The van der Waals surface area contributed by atoms with Crippen molar-refractivity contribution in [2.24, 2.45) is 0 Å². The molecule has 7 heteroatoms. The average molecular weight is 390 g/mol. The van der Waals surface area contributed by atoms with Crippen molar-refractivity contribution >= 4 is 41.7 Å². The van der Waals surface area contributed by atoms with E-state index in [-0.39, 0.29) is 11.3 Å². The van der Waals surface area contributed by atoms with Crippen LogP contribution in [0.1, 0.15) is 18.6 Å². The molecule has 0 saturated carbocycles. The Balaban J connectivity index is 3.23. The fourth-order valence-corrected chi connectivity index (χ4v) is 3.96. The zero-order valence-corrected chi connectivity index (χ0v) is 12.9. The van der Waals surface area contributed by atoms with Gasteiger partial charge in [0.25, 0.3) is 0 Å². The van der Waals surface area contributed by atoms with Gasteiger partial charge in [-0.15, -0.1) is 0 Å². The van der Waals surface area contributed by atoms with Crippen LogP contribution in [0.15, 0.2) is 24.3 Å². The van der Waals surface area contributed by atoms with Crippen LogP contribution in [0.2, 0.25) is 0 Å². The monoisotopic (exact) mass is 388 g/mol. The summed E-state index contributed by atoms with van der Waals surface area (Å²) in [4.78, 5) is 0. The lowest BCUT2D eigenvalue weighted by Crippen LogP contribution is -2.34. The van der Waals surface area contributed by atoms with Gasteiger partial charge in [-0.3, -0.25) is 0 Å². The summed E-state index contributed by atoms with van der Waals surface area (Å²) in [5.41, 5.74) is -0.0849. The number of hydrogen-bond acceptors (Lipinski definition) is 3. The molecule has 3 nitrogen and oxygen atoms in total. The molecule has 1 aromatic carbocycles. The van der Waals surface area contributed by atoms with Crippen LogP contribution in [0.25, 0.3) is 0 Å². The van der Waals surface area contributed by atoms with Crippen LogP contribution in [0, 0.1) is 5.82 Å². The molecule has 1 N–H and O–H groups in total. The van der Waals surface area contributed by atoms with Crippen LogP contribution in [-0.4, -0.2) is 21.8 Å². The fraction of sp³-hybridized carbons (Fsp3) is 0.400. The van der Waals surface area contributed by atoms with Crippen molar-refractivity contribution in [2.45, 2.75) is 15.6 Å². The average Bonchev–Trinajstić information content (AvgIpc) is 2.28. The number of sulfone groups is 1. The van der Waals surface area contributed by atoms with E-state index in [9.17, 15) is 17.9 Å². The van der Waals surface area contributed by atoms with Crippen molar-refractivity contribution in [2.75, 3.05) is 5.75 Å². The fourth-order valence-electron chi connectivity index (χ4n) is 1.24. The van der Waals surface area contributed by atoms with E-state index in [0.717, 1.165) is 6.07 Å². The van der Waals surface area contributed by atoms with Gasteiger partial charge < -0.3 is 5.11 Å². The predicted octanol–water partition coefficient (Wildman–Crippen LogP) is 2.74. The van der Waals surface area contributed by atoms with Gasteiger partial charge in [-0.05, 0) is 6.07 Å². The molecule has 1 rings (SSSR count). The Hall–Kier alpha value is 0.0200. The molecular formula is C10H11Br2FO3S. The summed E-state index contributed by atoms with van der Waals surface area (Å²) in [5, 5.41) is 9.98. The maximum Gasteiger partial charge on any atom is 0.210 e. The summed E-state index contributed by atoms with van der Waals surface area (Å²) < 4.78 is 35.2. The van der Waals surface area contributed by atoms with Gasteiger partial charge in [0.05, 0.1) is 0 Å². The number of hydrogen-bond donors (Lipinski definition) is 1. The SMILES string of the molecule is CCS(=O)(=O)C(Br)(Br)C(O)c1ccccc1F. The minimum atomic E-state index is -3.65. The largest absolute Gasteiger partial charge is 0.385 e. The molecule has 0 saturated heterocycles. The predicted molar refractivity (Wildman–Crippen MR) is 71.4 cm³/mol. The molecular weight excluding hydrogens is 379 g/mol. The third-order valence-electron chi connectivity index (χ3n) is 2.31. The zero-order chi connectivity index (χ0) is 13.3. The van der Waals surface area contributed by atoms with Gasteiger partial charge in [-0.2, -0.15) is 0 Å². The highest BCUT2D eigenvalue weighted by Gasteiger charge is 2.45. The lowest BCUT2D eigenvalue weighted by molar-refractivity contribution is 0.184. The van der Waals surface area contributed by atoms with E-state index in [1.54, 1.807) is 0 Å². The van der Waals surface area contributed by atoms with E-state index in [4.69, 9.17) is 0 Å². The summed E-state index contributed by atoms with van der Waals surface area (Å²) in [6.07, 6.45) is -1.55. The molecule has 1 atom stereocenters. The Morgan fingerprint density at radius 2 is 1.94 bits per heavy atom. The first-order valence-corrected chi connectivity index (χ1v) is 8.00. The molecule has 0 spiro atoms. The number of aliphatic hydroxyl groups is 1. The second-order valence-corrected chi connectivity index (χ2v) is 10.5.